The maximum Gasteiger partial charge on any atom is 0.191 e. The topological polar surface area (TPSA) is 57.5 Å². The summed E-state index contributed by atoms with van der Waals surface area (Å²) in [5.41, 5.74) is 2.84. The number of unbranched alkanes of at least 4 members (excludes halogenated alkanes) is 1. The summed E-state index contributed by atoms with van der Waals surface area (Å²) in [5.74, 6) is 2.02. The average Bonchev–Trinajstić information content (AvgIpc) is 3.14. The molecule has 0 amide bonds. The van der Waals surface area contributed by atoms with Gasteiger partial charge in [0.1, 0.15) is 5.82 Å². The van der Waals surface area contributed by atoms with Gasteiger partial charge in [-0.05, 0) is 50.7 Å². The second kappa shape index (κ2) is 11.0. The van der Waals surface area contributed by atoms with E-state index >= 15 is 0 Å². The summed E-state index contributed by atoms with van der Waals surface area (Å²) in [7, 11) is 1.86. The number of nitrogens with zero attached hydrogens (tertiary/aromatic N) is 4. The van der Waals surface area contributed by atoms with Crippen molar-refractivity contribution in [2.75, 3.05) is 26.7 Å². The molecule has 6 nitrogen and oxygen atoms in total. The van der Waals surface area contributed by atoms with Crippen LogP contribution in [0.25, 0.3) is 0 Å². The minimum absolute atomic E-state index is 0.503. The first-order chi connectivity index (χ1) is 14.2. The number of imidazole rings is 1. The van der Waals surface area contributed by atoms with Crippen LogP contribution in [0.3, 0.4) is 0 Å². The molecule has 1 fully saturated rings. The van der Waals surface area contributed by atoms with Crippen molar-refractivity contribution in [1.29, 1.82) is 0 Å². The molecule has 0 spiro atoms. The first kappa shape index (κ1) is 21.4. The molecular weight excluding hydrogens is 360 g/mol. The summed E-state index contributed by atoms with van der Waals surface area (Å²) in [4.78, 5) is 11.2. The molecule has 1 aliphatic rings. The molecule has 29 heavy (non-hydrogen) atoms. The van der Waals surface area contributed by atoms with Crippen LogP contribution in [0.5, 0.6) is 0 Å². The number of piperidine rings is 1. The van der Waals surface area contributed by atoms with E-state index in [1.807, 2.05) is 13.2 Å². The Bertz CT molecular complexity index is 773. The van der Waals surface area contributed by atoms with E-state index in [4.69, 9.17) is 0 Å². The lowest BCUT2D eigenvalue weighted by atomic mass is 10.0. The zero-order valence-electron chi connectivity index (χ0n) is 18.2. The van der Waals surface area contributed by atoms with Gasteiger partial charge in [0.05, 0.1) is 0 Å². The van der Waals surface area contributed by atoms with E-state index in [1.54, 1.807) is 0 Å². The summed E-state index contributed by atoms with van der Waals surface area (Å²) in [6.07, 6.45) is 8.49. The highest BCUT2D eigenvalue weighted by molar-refractivity contribution is 5.79. The molecule has 1 aromatic carbocycles. The lowest BCUT2D eigenvalue weighted by Gasteiger charge is -2.33. The number of aryl methyl sites for hydroxylation is 3. The molecule has 0 unspecified atom stereocenters. The van der Waals surface area contributed by atoms with Gasteiger partial charge in [0.15, 0.2) is 5.96 Å². The molecule has 0 bridgehead atoms. The third kappa shape index (κ3) is 6.60. The fourth-order valence-electron chi connectivity index (χ4n) is 3.91. The van der Waals surface area contributed by atoms with Crippen molar-refractivity contribution in [3.8, 4) is 0 Å². The zero-order chi connectivity index (χ0) is 20.5. The molecule has 2 N–H and O–H groups in total. The fraction of sp³-hybridized carbons (Fsp3) is 0.565. The molecule has 0 saturated carbocycles. The Balaban J connectivity index is 1.32. The van der Waals surface area contributed by atoms with E-state index in [0.717, 1.165) is 70.2 Å². The molecular formula is C23H36N6. The van der Waals surface area contributed by atoms with E-state index in [-0.39, 0.29) is 0 Å². The molecule has 1 aliphatic heterocycles. The Labute approximate surface area is 175 Å². The molecule has 0 atom stereocenters. The highest BCUT2D eigenvalue weighted by Gasteiger charge is 2.20. The van der Waals surface area contributed by atoms with E-state index in [0.29, 0.717) is 6.04 Å². The Morgan fingerprint density at radius 3 is 2.66 bits per heavy atom. The van der Waals surface area contributed by atoms with Crippen LogP contribution in [0.15, 0.2) is 41.7 Å². The van der Waals surface area contributed by atoms with Gasteiger partial charge >= 0.3 is 0 Å². The second-order valence-electron chi connectivity index (χ2n) is 8.00. The molecule has 0 aliphatic carbocycles. The summed E-state index contributed by atoms with van der Waals surface area (Å²) in [6.45, 7) is 9.55. The molecule has 2 heterocycles. The van der Waals surface area contributed by atoms with Gasteiger partial charge < -0.3 is 15.2 Å². The van der Waals surface area contributed by atoms with Crippen LogP contribution in [-0.4, -0.2) is 53.1 Å². The normalized spacial score (nSPS) is 16.2. The fourth-order valence-corrected chi connectivity index (χ4v) is 3.91. The Hall–Kier alpha value is -2.34. The molecule has 0 radical (unpaired) electrons. The predicted octanol–water partition coefficient (Wildman–Crippen LogP) is 3.11. The molecule has 2 aromatic rings. The van der Waals surface area contributed by atoms with Gasteiger partial charge in [-0.3, -0.25) is 9.89 Å². The van der Waals surface area contributed by atoms with Crippen LogP contribution in [0.2, 0.25) is 0 Å². The van der Waals surface area contributed by atoms with E-state index in [9.17, 15) is 0 Å². The summed E-state index contributed by atoms with van der Waals surface area (Å²) >= 11 is 0. The van der Waals surface area contributed by atoms with Gasteiger partial charge in [0.2, 0.25) is 0 Å². The van der Waals surface area contributed by atoms with Crippen molar-refractivity contribution in [2.24, 2.45) is 4.99 Å². The largest absolute Gasteiger partial charge is 0.356 e. The predicted molar refractivity (Wildman–Crippen MR) is 120 cm³/mol. The summed E-state index contributed by atoms with van der Waals surface area (Å²) < 4.78 is 2.21. The SMILES string of the molecule is CN=C(NCCCCn1ccnc1C)NC1CCN(Cc2ccccc2C)CC1. The highest BCUT2D eigenvalue weighted by Crippen LogP contribution is 2.16. The molecule has 1 aromatic heterocycles. The highest BCUT2D eigenvalue weighted by atomic mass is 15.2. The van der Waals surface area contributed by atoms with E-state index in [1.165, 1.54) is 11.1 Å². The number of nitrogens with one attached hydrogen (secondary N) is 2. The average molecular weight is 397 g/mol. The minimum atomic E-state index is 0.503. The molecule has 6 heteroatoms. The number of hydrogen-bond acceptors (Lipinski definition) is 3. The first-order valence-corrected chi connectivity index (χ1v) is 10.9. The van der Waals surface area contributed by atoms with E-state index in [2.05, 4.69) is 74.4 Å². The van der Waals surface area contributed by atoms with Gasteiger partial charge in [-0.1, -0.05) is 24.3 Å². The molecule has 158 valence electrons. The number of guanidine groups is 1. The number of hydrogen-bond donors (Lipinski definition) is 2. The van der Waals surface area contributed by atoms with Crippen LogP contribution < -0.4 is 10.6 Å². The number of aromatic nitrogens is 2. The summed E-state index contributed by atoms with van der Waals surface area (Å²) in [6, 6.07) is 9.22. The number of benzene rings is 1. The lowest BCUT2D eigenvalue weighted by Crippen LogP contribution is -2.48. The zero-order valence-corrected chi connectivity index (χ0v) is 18.2. The number of rotatable bonds is 8. The van der Waals surface area contributed by atoms with Crippen LogP contribution >= 0.6 is 0 Å². The van der Waals surface area contributed by atoms with Crippen LogP contribution in [0, 0.1) is 13.8 Å². The van der Waals surface area contributed by atoms with Gasteiger partial charge in [-0.25, -0.2) is 4.98 Å². The maximum absolute atomic E-state index is 4.41. The number of likely N-dealkylation sites (tertiary alicyclic amines) is 1. The van der Waals surface area contributed by atoms with Crippen molar-refractivity contribution in [3.05, 3.63) is 53.6 Å². The third-order valence-corrected chi connectivity index (χ3v) is 5.85. The standard InChI is InChI=1S/C23H36N6/c1-19-8-4-5-9-21(19)18-28-15-10-22(11-16-28)27-23(24-3)26-12-6-7-14-29-17-13-25-20(29)2/h4-5,8-9,13,17,22H,6-7,10-12,14-16,18H2,1-3H3,(H2,24,26,27). The Morgan fingerprint density at radius 2 is 1.97 bits per heavy atom. The first-order valence-electron chi connectivity index (χ1n) is 10.9. The maximum atomic E-state index is 4.41. The lowest BCUT2D eigenvalue weighted by molar-refractivity contribution is 0.198. The Morgan fingerprint density at radius 1 is 1.17 bits per heavy atom. The van der Waals surface area contributed by atoms with Crippen molar-refractivity contribution in [3.63, 3.8) is 0 Å². The van der Waals surface area contributed by atoms with E-state index < -0.39 is 0 Å². The van der Waals surface area contributed by atoms with Crippen LogP contribution in [0.4, 0.5) is 0 Å². The third-order valence-electron chi connectivity index (χ3n) is 5.85. The van der Waals surface area contributed by atoms with Crippen molar-refractivity contribution >= 4 is 5.96 Å². The smallest absolute Gasteiger partial charge is 0.191 e. The summed E-state index contributed by atoms with van der Waals surface area (Å²) in [5, 5.41) is 7.08. The van der Waals surface area contributed by atoms with Crippen molar-refractivity contribution < 1.29 is 0 Å². The van der Waals surface area contributed by atoms with Gasteiger partial charge in [-0.2, -0.15) is 0 Å². The molecule has 3 rings (SSSR count). The second-order valence-corrected chi connectivity index (χ2v) is 8.00. The quantitative estimate of drug-likeness (QED) is 0.409. The number of aliphatic imine (C=N–C) groups is 1. The monoisotopic (exact) mass is 396 g/mol. The van der Waals surface area contributed by atoms with Crippen LogP contribution in [0.1, 0.15) is 42.6 Å². The Kier molecular flexibility index (Phi) is 8.11. The van der Waals surface area contributed by atoms with Crippen LogP contribution in [-0.2, 0) is 13.1 Å². The van der Waals surface area contributed by atoms with Crippen molar-refractivity contribution in [2.45, 2.75) is 58.7 Å². The minimum Gasteiger partial charge on any atom is -0.356 e. The van der Waals surface area contributed by atoms with Gasteiger partial charge in [0, 0.05) is 58.2 Å². The van der Waals surface area contributed by atoms with Gasteiger partial charge in [0.25, 0.3) is 0 Å². The van der Waals surface area contributed by atoms with Gasteiger partial charge in [-0.15, -0.1) is 0 Å². The molecule has 1 saturated heterocycles. The van der Waals surface area contributed by atoms with Crippen molar-refractivity contribution in [1.82, 2.24) is 25.1 Å².